The molecule has 1 fully saturated rings. The third-order valence-corrected chi connectivity index (χ3v) is 7.44. The van der Waals surface area contributed by atoms with Crippen molar-refractivity contribution in [1.82, 2.24) is 4.57 Å². The van der Waals surface area contributed by atoms with Crippen molar-refractivity contribution < 1.29 is 46.4 Å². The molecule has 0 saturated heterocycles. The monoisotopic (exact) mass is 632 g/mol. The van der Waals surface area contributed by atoms with E-state index in [9.17, 15) is 22.8 Å². The first kappa shape index (κ1) is 30.9. The summed E-state index contributed by atoms with van der Waals surface area (Å²) < 4.78 is 65.9. The van der Waals surface area contributed by atoms with Crippen LogP contribution in [-0.4, -0.2) is 50.7 Å². The maximum absolute atomic E-state index is 14.2. The van der Waals surface area contributed by atoms with E-state index in [0.29, 0.717) is 45.3 Å². The highest BCUT2D eigenvalue weighted by molar-refractivity contribution is 6.30. The Morgan fingerprint density at radius 2 is 1.75 bits per heavy atom. The summed E-state index contributed by atoms with van der Waals surface area (Å²) in [5, 5.41) is 4.11. The van der Waals surface area contributed by atoms with Crippen molar-refractivity contribution in [2.24, 2.45) is 11.8 Å². The molecule has 1 saturated carbocycles. The van der Waals surface area contributed by atoms with E-state index in [4.69, 9.17) is 30.5 Å². The molecule has 4 aromatic rings. The molecule has 0 bridgehead atoms. The summed E-state index contributed by atoms with van der Waals surface area (Å²) >= 11 is 6.19. The van der Waals surface area contributed by atoms with Gasteiger partial charge in [-0.15, -0.1) is 13.2 Å². The highest BCUT2D eigenvalue weighted by atomic mass is 35.5. The summed E-state index contributed by atoms with van der Waals surface area (Å²) in [6.07, 6.45) is -2.77. The minimum absolute atomic E-state index is 0.0194. The fourth-order valence-electron chi connectivity index (χ4n) is 4.93. The van der Waals surface area contributed by atoms with Gasteiger partial charge < -0.3 is 29.0 Å². The second-order valence-electron chi connectivity index (χ2n) is 10.1. The van der Waals surface area contributed by atoms with E-state index >= 15 is 0 Å². The van der Waals surface area contributed by atoms with Crippen molar-refractivity contribution in [3.63, 3.8) is 0 Å². The van der Waals surface area contributed by atoms with E-state index in [1.807, 2.05) is 0 Å². The van der Waals surface area contributed by atoms with Crippen molar-refractivity contribution in [1.29, 1.82) is 0 Å². The maximum atomic E-state index is 14.2. The third kappa shape index (κ3) is 6.96. The Balaban J connectivity index is 1.50. The number of esters is 1. The molecule has 9 nitrogen and oxygen atoms in total. The van der Waals surface area contributed by atoms with Gasteiger partial charge in [0.1, 0.15) is 29.0 Å². The number of ether oxygens (including phenoxy) is 5. The van der Waals surface area contributed by atoms with E-state index in [-0.39, 0.29) is 29.9 Å². The smallest absolute Gasteiger partial charge is 0.497 e. The van der Waals surface area contributed by atoms with Crippen molar-refractivity contribution in [2.45, 2.75) is 18.8 Å². The standard InChI is InChI=1S/C31H28ClF3N2O7/c1-40-22-12-20(13-23(14-22)43-16-18-10-25(18)30(39)42-3)36-28(24-7-5-19(32)11-27(24)41-2)29(38)37-9-8-17-4-6-21(15-26(17)37)44-31(33,34)35/h4-9,11-15,18,25,28,36H,10,16H2,1-3H3/t18-,25+,28?/m1/s1. The number of aromatic nitrogens is 1. The van der Waals surface area contributed by atoms with Gasteiger partial charge in [0.05, 0.1) is 39.4 Å². The van der Waals surface area contributed by atoms with Gasteiger partial charge in [0.2, 0.25) is 0 Å². The van der Waals surface area contributed by atoms with Crippen molar-refractivity contribution in [3.05, 3.63) is 77.4 Å². The van der Waals surface area contributed by atoms with Gasteiger partial charge in [-0.3, -0.25) is 14.2 Å². The molecule has 0 spiro atoms. The summed E-state index contributed by atoms with van der Waals surface area (Å²) in [4.78, 5) is 26.0. The number of hydrogen-bond acceptors (Lipinski definition) is 8. The van der Waals surface area contributed by atoms with E-state index in [1.165, 1.54) is 44.2 Å². The first-order chi connectivity index (χ1) is 21.0. The second kappa shape index (κ2) is 12.6. The van der Waals surface area contributed by atoms with Crippen LogP contribution in [0.1, 0.15) is 22.8 Å². The summed E-state index contributed by atoms with van der Waals surface area (Å²) in [5.41, 5.74) is 1.05. The van der Waals surface area contributed by atoms with Crippen LogP contribution in [0.25, 0.3) is 10.9 Å². The highest BCUT2D eigenvalue weighted by Crippen LogP contribution is 2.40. The van der Waals surface area contributed by atoms with Gasteiger partial charge in [0.15, 0.2) is 0 Å². The van der Waals surface area contributed by atoms with Crippen LogP contribution in [-0.2, 0) is 9.53 Å². The van der Waals surface area contributed by atoms with E-state index in [0.717, 1.165) is 6.07 Å². The predicted molar refractivity (Wildman–Crippen MR) is 156 cm³/mol. The summed E-state index contributed by atoms with van der Waals surface area (Å²) in [5.74, 6) is -0.300. The van der Waals surface area contributed by atoms with Crippen molar-refractivity contribution in [2.75, 3.05) is 33.3 Å². The van der Waals surface area contributed by atoms with Crippen LogP contribution in [0.2, 0.25) is 5.02 Å². The molecule has 3 atom stereocenters. The van der Waals surface area contributed by atoms with Crippen molar-refractivity contribution >= 4 is 40.1 Å². The summed E-state index contributed by atoms with van der Waals surface area (Å²) in [7, 11) is 4.26. The van der Waals surface area contributed by atoms with Crippen LogP contribution < -0.4 is 24.3 Å². The Hall–Kier alpha value is -4.58. The topological polar surface area (TPSA) is 97.3 Å². The van der Waals surface area contributed by atoms with Crippen molar-refractivity contribution in [3.8, 4) is 23.0 Å². The fraction of sp³-hybridized carbons (Fsp3) is 0.290. The lowest BCUT2D eigenvalue weighted by Gasteiger charge is -2.23. The van der Waals surface area contributed by atoms with Gasteiger partial charge >= 0.3 is 12.3 Å². The molecule has 1 unspecified atom stereocenters. The second-order valence-corrected chi connectivity index (χ2v) is 10.5. The number of nitrogens with zero attached hydrogens (tertiary/aromatic N) is 1. The van der Waals surface area contributed by atoms with E-state index in [2.05, 4.69) is 10.1 Å². The average molecular weight is 633 g/mol. The molecule has 1 aromatic heterocycles. The zero-order chi connectivity index (χ0) is 31.6. The molecule has 1 aliphatic carbocycles. The van der Waals surface area contributed by atoms with Gasteiger partial charge in [-0.2, -0.15) is 0 Å². The molecule has 1 N–H and O–H groups in total. The minimum atomic E-state index is -4.90. The predicted octanol–water partition coefficient (Wildman–Crippen LogP) is 6.89. The van der Waals surface area contributed by atoms with Gasteiger partial charge in [0.25, 0.3) is 5.91 Å². The van der Waals surface area contributed by atoms with Crippen LogP contribution >= 0.6 is 11.6 Å². The first-order valence-electron chi connectivity index (χ1n) is 13.4. The lowest BCUT2D eigenvalue weighted by Crippen LogP contribution is -2.26. The Bertz CT molecular complexity index is 1690. The zero-order valence-electron chi connectivity index (χ0n) is 23.8. The largest absolute Gasteiger partial charge is 0.573 e. The van der Waals surface area contributed by atoms with Gasteiger partial charge in [-0.05, 0) is 36.8 Å². The number of carbonyl (C=O) groups is 2. The Morgan fingerprint density at radius 1 is 0.977 bits per heavy atom. The third-order valence-electron chi connectivity index (χ3n) is 7.21. The fourth-order valence-corrected chi connectivity index (χ4v) is 5.09. The Labute approximate surface area is 255 Å². The number of alkyl halides is 3. The van der Waals surface area contributed by atoms with Gasteiger partial charge in [-0.25, -0.2) is 0 Å². The Morgan fingerprint density at radius 3 is 2.45 bits per heavy atom. The van der Waals surface area contributed by atoms with Crippen LogP contribution in [0.15, 0.2) is 66.9 Å². The Kier molecular flexibility index (Phi) is 8.82. The summed E-state index contributed by atoms with van der Waals surface area (Å²) in [6.45, 7) is 0.275. The average Bonchev–Trinajstić information content (AvgIpc) is 3.66. The van der Waals surface area contributed by atoms with E-state index < -0.39 is 24.1 Å². The minimum Gasteiger partial charge on any atom is -0.497 e. The van der Waals surface area contributed by atoms with Gasteiger partial charge in [-0.1, -0.05) is 17.7 Å². The highest BCUT2D eigenvalue weighted by Gasteiger charge is 2.44. The zero-order valence-corrected chi connectivity index (χ0v) is 24.6. The number of nitrogens with one attached hydrogen (secondary N) is 1. The molecule has 0 amide bonds. The molecule has 0 aliphatic heterocycles. The quantitative estimate of drug-likeness (QED) is 0.179. The van der Waals surface area contributed by atoms with Crippen LogP contribution in [0.3, 0.4) is 0 Å². The van der Waals surface area contributed by atoms with Crippen LogP contribution in [0.5, 0.6) is 23.0 Å². The van der Waals surface area contributed by atoms with E-state index in [1.54, 1.807) is 42.5 Å². The number of carbonyl (C=O) groups excluding carboxylic acids is 2. The SMILES string of the molecule is COC(=O)[C@H]1C[C@@H]1COc1cc(NC(C(=O)n2ccc3ccc(OC(F)(F)F)cc32)c2ccc(Cl)cc2OC)cc(OC)c1. The lowest BCUT2D eigenvalue weighted by molar-refractivity contribution is -0.274. The maximum Gasteiger partial charge on any atom is 0.573 e. The molecule has 5 rings (SSSR count). The number of halogens is 4. The number of benzene rings is 3. The number of methoxy groups -OCH3 is 3. The molecule has 1 heterocycles. The lowest BCUT2D eigenvalue weighted by atomic mass is 10.0. The number of rotatable bonds is 11. The molecule has 3 aromatic carbocycles. The van der Waals surface area contributed by atoms with Gasteiger partial charge in [0, 0.05) is 58.0 Å². The van der Waals surface area contributed by atoms with Crippen LogP contribution in [0, 0.1) is 11.8 Å². The number of hydrogen-bond donors (Lipinski definition) is 1. The normalized spacial score (nSPS) is 16.6. The molecule has 232 valence electrons. The number of fused-ring (bicyclic) bond motifs is 1. The molecular weight excluding hydrogens is 605 g/mol. The van der Waals surface area contributed by atoms with Crippen LogP contribution in [0.4, 0.5) is 18.9 Å². The number of anilines is 1. The molecule has 13 heteroatoms. The first-order valence-corrected chi connectivity index (χ1v) is 13.8. The molecular formula is C31H28ClF3N2O7. The molecule has 44 heavy (non-hydrogen) atoms. The molecule has 0 radical (unpaired) electrons. The summed E-state index contributed by atoms with van der Waals surface area (Å²) in [6, 6.07) is 14.0. The molecule has 1 aliphatic rings.